The van der Waals surface area contributed by atoms with E-state index < -0.39 is 11.6 Å². The van der Waals surface area contributed by atoms with Crippen molar-refractivity contribution < 1.29 is 8.78 Å². The topological polar surface area (TPSA) is 44.9 Å². The lowest BCUT2D eigenvalue weighted by Gasteiger charge is -2.36. The second-order valence-electron chi connectivity index (χ2n) is 4.40. The molecule has 0 aromatic heterocycles. The van der Waals surface area contributed by atoms with E-state index in [1.54, 1.807) is 0 Å². The van der Waals surface area contributed by atoms with E-state index in [-0.39, 0.29) is 0 Å². The largest absolute Gasteiger partial charge is 0.370 e. The van der Waals surface area contributed by atoms with Crippen molar-refractivity contribution in [1.82, 2.24) is 4.90 Å². The Morgan fingerprint density at radius 3 is 2.58 bits per heavy atom. The van der Waals surface area contributed by atoms with Crippen molar-refractivity contribution in [3.63, 3.8) is 0 Å². The summed E-state index contributed by atoms with van der Waals surface area (Å²) in [5, 5.41) is 0. The monoisotopic (exact) mass is 268 g/mol. The van der Waals surface area contributed by atoms with E-state index in [1.807, 2.05) is 16.7 Å². The summed E-state index contributed by atoms with van der Waals surface area (Å²) in [6.07, 6.45) is 0. The number of benzene rings is 1. The summed E-state index contributed by atoms with van der Waals surface area (Å²) in [5.41, 5.74) is 6.13. The fraction of sp³-hybridized carbons (Fsp3) is 0.462. The summed E-state index contributed by atoms with van der Waals surface area (Å²) >= 11 is 0. The van der Waals surface area contributed by atoms with E-state index in [4.69, 9.17) is 5.73 Å². The molecule has 0 spiro atoms. The minimum Gasteiger partial charge on any atom is -0.370 e. The molecule has 0 amide bonds. The van der Waals surface area contributed by atoms with Crippen LogP contribution in [-0.4, -0.2) is 43.6 Å². The van der Waals surface area contributed by atoms with Crippen LogP contribution >= 0.6 is 0 Å². The van der Waals surface area contributed by atoms with Crippen LogP contribution in [0.25, 0.3) is 0 Å². The lowest BCUT2D eigenvalue weighted by atomic mass is 10.2. The van der Waals surface area contributed by atoms with Gasteiger partial charge in [-0.15, -0.1) is 0 Å². The van der Waals surface area contributed by atoms with Gasteiger partial charge in [-0.05, 0) is 19.1 Å². The number of anilines is 1. The predicted molar refractivity (Wildman–Crippen MR) is 72.3 cm³/mol. The maximum atomic E-state index is 13.7. The molecule has 1 saturated heterocycles. The maximum absolute atomic E-state index is 13.7. The van der Waals surface area contributed by atoms with Crippen molar-refractivity contribution >= 4 is 11.6 Å². The summed E-state index contributed by atoms with van der Waals surface area (Å²) in [6.45, 7) is 5.08. The summed E-state index contributed by atoms with van der Waals surface area (Å²) in [4.78, 5) is 7.93. The molecule has 0 atom stereocenters. The minimum atomic E-state index is -0.425. The van der Waals surface area contributed by atoms with Crippen LogP contribution in [0.4, 0.5) is 14.5 Å². The second-order valence-corrected chi connectivity index (χ2v) is 4.40. The Morgan fingerprint density at radius 1 is 1.26 bits per heavy atom. The van der Waals surface area contributed by atoms with Crippen molar-refractivity contribution in [3.8, 4) is 0 Å². The smallest absolute Gasteiger partial charge is 0.191 e. The molecule has 0 radical (unpaired) electrons. The molecular formula is C13H18F2N4. The predicted octanol–water partition coefficient (Wildman–Crippen LogP) is 1.42. The molecule has 1 aromatic carbocycles. The Labute approximate surface area is 111 Å². The second kappa shape index (κ2) is 5.86. The zero-order valence-electron chi connectivity index (χ0n) is 10.9. The van der Waals surface area contributed by atoms with Gasteiger partial charge in [-0.3, -0.25) is 4.99 Å². The lowest BCUT2D eigenvalue weighted by molar-refractivity contribution is 0.378. The molecule has 2 N–H and O–H groups in total. The van der Waals surface area contributed by atoms with Crippen LogP contribution < -0.4 is 10.6 Å². The standard InChI is InChI=1S/C13H18F2N4/c1-2-17-13(16)19-7-5-18(6-8-19)12-9-10(14)3-4-11(12)15/h3-4,9H,2,5-8H2,1H3,(H2,16,17). The molecule has 1 fully saturated rings. The van der Waals surface area contributed by atoms with E-state index in [0.717, 1.165) is 12.1 Å². The summed E-state index contributed by atoms with van der Waals surface area (Å²) in [7, 11) is 0. The van der Waals surface area contributed by atoms with E-state index in [9.17, 15) is 8.78 Å². The number of nitrogens with two attached hydrogens (primary N) is 1. The third-order valence-electron chi connectivity index (χ3n) is 3.17. The number of aliphatic imine (C=N–C) groups is 1. The number of guanidine groups is 1. The summed E-state index contributed by atoms with van der Waals surface area (Å²) < 4.78 is 26.8. The molecule has 0 aliphatic carbocycles. The van der Waals surface area contributed by atoms with Crippen LogP contribution in [0.2, 0.25) is 0 Å². The van der Waals surface area contributed by atoms with E-state index in [1.165, 1.54) is 6.07 Å². The van der Waals surface area contributed by atoms with Crippen LogP contribution in [0.1, 0.15) is 6.92 Å². The number of piperazine rings is 1. The molecule has 1 aliphatic heterocycles. The first-order valence-corrected chi connectivity index (χ1v) is 6.36. The zero-order valence-corrected chi connectivity index (χ0v) is 10.9. The van der Waals surface area contributed by atoms with Gasteiger partial charge in [-0.1, -0.05) is 0 Å². The average Bonchev–Trinajstić information content (AvgIpc) is 2.42. The van der Waals surface area contributed by atoms with Crippen LogP contribution in [0.5, 0.6) is 0 Å². The molecule has 2 rings (SSSR count). The van der Waals surface area contributed by atoms with Crippen molar-refractivity contribution in [2.24, 2.45) is 10.7 Å². The lowest BCUT2D eigenvalue weighted by Crippen LogP contribution is -2.51. The Hall–Kier alpha value is -1.85. The fourth-order valence-electron chi connectivity index (χ4n) is 2.17. The van der Waals surface area contributed by atoms with Crippen molar-refractivity contribution in [2.45, 2.75) is 6.92 Å². The first-order chi connectivity index (χ1) is 9.11. The first-order valence-electron chi connectivity index (χ1n) is 6.36. The highest BCUT2D eigenvalue weighted by atomic mass is 19.1. The Bertz CT molecular complexity index is 468. The third-order valence-corrected chi connectivity index (χ3v) is 3.17. The molecule has 19 heavy (non-hydrogen) atoms. The molecule has 1 aromatic rings. The molecular weight excluding hydrogens is 250 g/mol. The molecule has 0 saturated carbocycles. The molecule has 6 heteroatoms. The molecule has 104 valence electrons. The van der Waals surface area contributed by atoms with Gasteiger partial charge >= 0.3 is 0 Å². The van der Waals surface area contributed by atoms with Gasteiger partial charge in [-0.25, -0.2) is 8.78 Å². The van der Waals surface area contributed by atoms with Crippen LogP contribution in [-0.2, 0) is 0 Å². The molecule has 0 unspecified atom stereocenters. The van der Waals surface area contributed by atoms with Crippen LogP contribution in [0.3, 0.4) is 0 Å². The normalized spacial score (nSPS) is 16.9. The summed E-state index contributed by atoms with van der Waals surface area (Å²) in [5.74, 6) is -0.308. The summed E-state index contributed by atoms with van der Waals surface area (Å²) in [6, 6.07) is 3.51. The van der Waals surface area contributed by atoms with E-state index in [0.29, 0.717) is 44.4 Å². The highest BCUT2D eigenvalue weighted by Gasteiger charge is 2.20. The van der Waals surface area contributed by atoms with Gasteiger partial charge in [0.15, 0.2) is 5.96 Å². The molecule has 1 aliphatic rings. The first kappa shape index (κ1) is 13.6. The number of hydrogen-bond donors (Lipinski definition) is 1. The average molecular weight is 268 g/mol. The fourth-order valence-corrected chi connectivity index (χ4v) is 2.17. The highest BCUT2D eigenvalue weighted by Crippen LogP contribution is 2.21. The molecule has 1 heterocycles. The van der Waals surface area contributed by atoms with Crippen molar-refractivity contribution in [3.05, 3.63) is 29.8 Å². The number of nitrogens with zero attached hydrogens (tertiary/aromatic N) is 3. The number of rotatable bonds is 2. The zero-order chi connectivity index (χ0) is 13.8. The highest BCUT2D eigenvalue weighted by molar-refractivity contribution is 5.78. The van der Waals surface area contributed by atoms with Gasteiger partial charge in [0.05, 0.1) is 5.69 Å². The van der Waals surface area contributed by atoms with Crippen molar-refractivity contribution in [2.75, 3.05) is 37.6 Å². The number of hydrogen-bond acceptors (Lipinski definition) is 2. The Balaban J connectivity index is 2.04. The SMILES string of the molecule is CCN=C(N)N1CCN(c2cc(F)ccc2F)CC1. The van der Waals surface area contributed by atoms with Gasteiger partial charge in [-0.2, -0.15) is 0 Å². The van der Waals surface area contributed by atoms with Crippen LogP contribution in [0, 0.1) is 11.6 Å². The Morgan fingerprint density at radius 2 is 1.95 bits per heavy atom. The quantitative estimate of drug-likeness (QED) is 0.652. The molecule has 0 bridgehead atoms. The van der Waals surface area contributed by atoms with Gasteiger partial charge in [0, 0.05) is 38.8 Å². The number of halogens is 2. The van der Waals surface area contributed by atoms with E-state index in [2.05, 4.69) is 4.99 Å². The van der Waals surface area contributed by atoms with Gasteiger partial charge in [0.25, 0.3) is 0 Å². The maximum Gasteiger partial charge on any atom is 0.191 e. The van der Waals surface area contributed by atoms with E-state index >= 15 is 0 Å². The molecule has 4 nitrogen and oxygen atoms in total. The van der Waals surface area contributed by atoms with Crippen LogP contribution in [0.15, 0.2) is 23.2 Å². The minimum absolute atomic E-state index is 0.311. The van der Waals surface area contributed by atoms with Gasteiger partial charge in [0.2, 0.25) is 0 Å². The van der Waals surface area contributed by atoms with Gasteiger partial charge < -0.3 is 15.5 Å². The van der Waals surface area contributed by atoms with Gasteiger partial charge in [0.1, 0.15) is 11.6 Å². The third kappa shape index (κ3) is 3.13. The van der Waals surface area contributed by atoms with Crippen molar-refractivity contribution in [1.29, 1.82) is 0 Å². The Kier molecular flexibility index (Phi) is 4.19.